The first-order chi connectivity index (χ1) is 17.6. The fourth-order valence-corrected chi connectivity index (χ4v) is 6.75. The van der Waals surface area contributed by atoms with Crippen LogP contribution in [0.3, 0.4) is 0 Å². The van der Waals surface area contributed by atoms with E-state index in [0.717, 1.165) is 24.0 Å². The molecule has 4 rings (SSSR count). The van der Waals surface area contributed by atoms with Crippen LogP contribution in [0.1, 0.15) is 49.3 Å². The van der Waals surface area contributed by atoms with E-state index in [4.69, 9.17) is 4.74 Å². The fraction of sp³-hybridized carbons (Fsp3) is 0.357. The maximum atomic E-state index is 13.7. The van der Waals surface area contributed by atoms with Gasteiger partial charge in [-0.3, -0.25) is 0 Å². The third-order valence-electron chi connectivity index (χ3n) is 6.52. The van der Waals surface area contributed by atoms with Gasteiger partial charge in [-0.05, 0) is 59.7 Å². The Kier molecular flexibility index (Phi) is 8.82. The molecule has 9 heteroatoms. The Labute approximate surface area is 220 Å². The van der Waals surface area contributed by atoms with Crippen LogP contribution < -0.4 is 4.72 Å². The number of benzene rings is 3. The minimum atomic E-state index is -3.89. The molecule has 0 saturated carbocycles. The van der Waals surface area contributed by atoms with Crippen LogP contribution in [0.15, 0.2) is 88.7 Å². The van der Waals surface area contributed by atoms with Crippen LogP contribution in [-0.2, 0) is 37.9 Å². The van der Waals surface area contributed by atoms with Gasteiger partial charge in [-0.1, -0.05) is 68.4 Å². The van der Waals surface area contributed by atoms with Crippen LogP contribution >= 0.6 is 0 Å². The zero-order chi connectivity index (χ0) is 26.5. The molecular formula is C28H34N2O5S2. The minimum Gasteiger partial charge on any atom is -0.377 e. The first-order valence-electron chi connectivity index (χ1n) is 12.5. The van der Waals surface area contributed by atoms with Crippen LogP contribution in [0.5, 0.6) is 0 Å². The Hall–Kier alpha value is -2.56. The predicted octanol–water partition coefficient (Wildman–Crippen LogP) is 4.66. The molecule has 0 aromatic heterocycles. The van der Waals surface area contributed by atoms with E-state index >= 15 is 0 Å². The molecule has 1 unspecified atom stereocenters. The van der Waals surface area contributed by atoms with Gasteiger partial charge in [-0.25, -0.2) is 21.6 Å². The lowest BCUT2D eigenvalue weighted by atomic mass is 10.0. The predicted molar refractivity (Wildman–Crippen MR) is 144 cm³/mol. The van der Waals surface area contributed by atoms with E-state index in [1.165, 1.54) is 34.1 Å². The van der Waals surface area contributed by atoms with Gasteiger partial charge in [0, 0.05) is 26.2 Å². The topological polar surface area (TPSA) is 92.8 Å². The molecule has 37 heavy (non-hydrogen) atoms. The molecule has 1 atom stereocenters. The van der Waals surface area contributed by atoms with Gasteiger partial charge in [0.15, 0.2) is 0 Å². The first kappa shape index (κ1) is 27.5. The molecule has 7 nitrogen and oxygen atoms in total. The van der Waals surface area contributed by atoms with Crippen molar-refractivity contribution in [2.45, 2.75) is 61.6 Å². The summed E-state index contributed by atoms with van der Waals surface area (Å²) < 4.78 is 62.6. The summed E-state index contributed by atoms with van der Waals surface area (Å²) in [6.07, 6.45) is 1.55. The summed E-state index contributed by atoms with van der Waals surface area (Å²) >= 11 is 0. The molecule has 198 valence electrons. The highest BCUT2D eigenvalue weighted by molar-refractivity contribution is 7.89. The molecule has 0 amide bonds. The minimum absolute atomic E-state index is 0.0114. The Morgan fingerprint density at radius 3 is 2.11 bits per heavy atom. The third kappa shape index (κ3) is 7.06. The number of hydrogen-bond donors (Lipinski definition) is 1. The monoisotopic (exact) mass is 542 g/mol. The molecule has 1 saturated heterocycles. The summed E-state index contributed by atoms with van der Waals surface area (Å²) in [6, 6.07) is 22.6. The van der Waals surface area contributed by atoms with Crippen molar-refractivity contribution in [1.29, 1.82) is 0 Å². The molecule has 0 aliphatic carbocycles. The number of hydrogen-bond acceptors (Lipinski definition) is 5. The highest BCUT2D eigenvalue weighted by Crippen LogP contribution is 2.24. The van der Waals surface area contributed by atoms with Crippen molar-refractivity contribution in [2.75, 3.05) is 13.2 Å². The lowest BCUT2D eigenvalue weighted by molar-refractivity contribution is 0.0926. The van der Waals surface area contributed by atoms with Crippen LogP contribution in [0, 0.1) is 0 Å². The van der Waals surface area contributed by atoms with Gasteiger partial charge in [0.25, 0.3) is 0 Å². The number of rotatable bonds is 11. The Morgan fingerprint density at radius 1 is 0.865 bits per heavy atom. The van der Waals surface area contributed by atoms with Gasteiger partial charge < -0.3 is 4.74 Å². The molecule has 1 N–H and O–H groups in total. The lowest BCUT2D eigenvalue weighted by Gasteiger charge is -2.25. The largest absolute Gasteiger partial charge is 0.377 e. The number of nitrogens with one attached hydrogen (secondary N) is 1. The van der Waals surface area contributed by atoms with Crippen molar-refractivity contribution in [3.8, 4) is 0 Å². The van der Waals surface area contributed by atoms with E-state index in [9.17, 15) is 16.8 Å². The zero-order valence-corrected chi connectivity index (χ0v) is 22.8. The summed E-state index contributed by atoms with van der Waals surface area (Å²) in [5.41, 5.74) is 2.90. The molecular weight excluding hydrogens is 508 g/mol. The van der Waals surface area contributed by atoms with Crippen molar-refractivity contribution in [2.24, 2.45) is 0 Å². The SMILES string of the molecule is CC(C)c1ccc(CN(CC2CCCO2)S(=O)(=O)c2ccc(S(=O)(=O)NCc3ccccc3)cc2)cc1. The molecule has 1 aliphatic rings. The highest BCUT2D eigenvalue weighted by atomic mass is 32.2. The van der Waals surface area contributed by atoms with Gasteiger partial charge in [-0.2, -0.15) is 4.31 Å². The molecule has 3 aromatic carbocycles. The van der Waals surface area contributed by atoms with Crippen molar-refractivity contribution in [1.82, 2.24) is 9.03 Å². The summed E-state index contributed by atoms with van der Waals surface area (Å²) in [5, 5.41) is 0. The Balaban J connectivity index is 1.53. The quantitative estimate of drug-likeness (QED) is 0.381. The molecule has 1 aliphatic heterocycles. The van der Waals surface area contributed by atoms with Crippen molar-refractivity contribution < 1.29 is 21.6 Å². The van der Waals surface area contributed by atoms with Gasteiger partial charge >= 0.3 is 0 Å². The second-order valence-corrected chi connectivity index (χ2v) is 13.3. The lowest BCUT2D eigenvalue weighted by Crippen LogP contribution is -2.37. The van der Waals surface area contributed by atoms with Gasteiger partial charge in [-0.15, -0.1) is 0 Å². The van der Waals surface area contributed by atoms with E-state index in [1.807, 2.05) is 54.6 Å². The average Bonchev–Trinajstić information content (AvgIpc) is 3.41. The highest BCUT2D eigenvalue weighted by Gasteiger charge is 2.30. The Morgan fingerprint density at radius 2 is 1.51 bits per heavy atom. The van der Waals surface area contributed by atoms with E-state index in [2.05, 4.69) is 18.6 Å². The summed E-state index contributed by atoms with van der Waals surface area (Å²) in [7, 11) is -7.69. The maximum absolute atomic E-state index is 13.7. The molecule has 0 spiro atoms. The van der Waals surface area contributed by atoms with Crippen molar-refractivity contribution >= 4 is 20.0 Å². The fourth-order valence-electron chi connectivity index (χ4n) is 4.27. The molecule has 0 bridgehead atoms. The molecule has 3 aromatic rings. The summed E-state index contributed by atoms with van der Waals surface area (Å²) in [6.45, 7) is 5.46. The molecule has 0 radical (unpaired) electrons. The molecule has 1 heterocycles. The van der Waals surface area contributed by atoms with Gasteiger partial charge in [0.1, 0.15) is 0 Å². The van der Waals surface area contributed by atoms with E-state index in [-0.39, 0.29) is 35.5 Å². The number of nitrogens with zero attached hydrogens (tertiary/aromatic N) is 1. The first-order valence-corrected chi connectivity index (χ1v) is 15.4. The smallest absolute Gasteiger partial charge is 0.243 e. The van der Waals surface area contributed by atoms with E-state index in [1.54, 1.807) is 0 Å². The number of sulfonamides is 2. The normalized spacial score (nSPS) is 16.5. The van der Waals surface area contributed by atoms with E-state index < -0.39 is 20.0 Å². The Bertz CT molecular complexity index is 1370. The van der Waals surface area contributed by atoms with Gasteiger partial charge in [0.05, 0.1) is 15.9 Å². The third-order valence-corrected chi connectivity index (χ3v) is 9.76. The molecule has 1 fully saturated rings. The van der Waals surface area contributed by atoms with Crippen LogP contribution in [0.25, 0.3) is 0 Å². The average molecular weight is 543 g/mol. The van der Waals surface area contributed by atoms with Crippen LogP contribution in [0.2, 0.25) is 0 Å². The van der Waals surface area contributed by atoms with Crippen molar-refractivity contribution in [3.63, 3.8) is 0 Å². The second-order valence-electron chi connectivity index (χ2n) is 9.61. The number of ether oxygens (including phenoxy) is 1. The standard InChI is InChI=1S/C28H34N2O5S2/c1-22(2)25-12-10-24(11-13-25)20-30(21-26-9-6-18-35-26)37(33,34)28-16-14-27(15-17-28)36(31,32)29-19-23-7-4-3-5-8-23/h3-5,7-8,10-17,22,26,29H,6,9,18-21H2,1-2H3. The summed E-state index contributed by atoms with van der Waals surface area (Å²) in [5.74, 6) is 0.387. The van der Waals surface area contributed by atoms with Gasteiger partial charge in [0.2, 0.25) is 20.0 Å². The van der Waals surface area contributed by atoms with Crippen LogP contribution in [0.4, 0.5) is 0 Å². The zero-order valence-electron chi connectivity index (χ0n) is 21.2. The van der Waals surface area contributed by atoms with Crippen LogP contribution in [-0.4, -0.2) is 40.4 Å². The van der Waals surface area contributed by atoms with E-state index in [0.29, 0.717) is 12.5 Å². The second kappa shape index (κ2) is 11.9. The van der Waals surface area contributed by atoms with Crippen molar-refractivity contribution in [3.05, 3.63) is 95.6 Å². The summed E-state index contributed by atoms with van der Waals surface area (Å²) in [4.78, 5) is 0.0589. The maximum Gasteiger partial charge on any atom is 0.243 e.